The van der Waals surface area contributed by atoms with Crippen LogP contribution < -0.4 is 5.73 Å². The van der Waals surface area contributed by atoms with Crippen LogP contribution in [0.3, 0.4) is 0 Å². The van der Waals surface area contributed by atoms with Gasteiger partial charge in [0, 0.05) is 6.08 Å². The monoisotopic (exact) mass is 155 g/mol. The molecule has 0 bridgehead atoms. The minimum atomic E-state index is -0.929. The predicted molar refractivity (Wildman–Crippen MR) is 34.6 cm³/mol. The molecule has 0 aliphatic heterocycles. The maximum atomic E-state index is 10.7. The summed E-state index contributed by atoms with van der Waals surface area (Å²) < 4.78 is 0. The van der Waals surface area contributed by atoms with Crippen molar-refractivity contribution in [1.29, 1.82) is 0 Å². The minimum Gasteiger partial charge on any atom is -0.504 e. The number of aliphatic hydroxyl groups excluding tert-OH is 2. The van der Waals surface area contributed by atoms with Gasteiger partial charge in [0.2, 0.25) is 11.6 Å². The van der Waals surface area contributed by atoms with Crippen LogP contribution in [0.5, 0.6) is 0 Å². The van der Waals surface area contributed by atoms with Gasteiger partial charge in [0.15, 0.2) is 11.5 Å². The number of allylic oxidation sites excluding steroid dienone is 1. The second kappa shape index (κ2) is 2.12. The Morgan fingerprint density at radius 1 is 1.27 bits per heavy atom. The largest absolute Gasteiger partial charge is 0.504 e. The molecule has 0 atom stereocenters. The molecule has 0 radical (unpaired) electrons. The highest BCUT2D eigenvalue weighted by Crippen LogP contribution is 2.10. The minimum absolute atomic E-state index is 0.616. The zero-order valence-corrected chi connectivity index (χ0v) is 5.37. The van der Waals surface area contributed by atoms with Crippen LogP contribution in [-0.2, 0) is 9.59 Å². The molecular formula is C6H5NO4. The Morgan fingerprint density at radius 3 is 2.36 bits per heavy atom. The number of Topliss-reactive ketones (excluding diaryl/α,β-unsaturated/α-hetero) is 1. The third kappa shape index (κ3) is 0.958. The third-order valence-electron chi connectivity index (χ3n) is 1.23. The maximum Gasteiger partial charge on any atom is 0.246 e. The molecule has 1 aliphatic rings. The van der Waals surface area contributed by atoms with Gasteiger partial charge >= 0.3 is 0 Å². The first-order chi connectivity index (χ1) is 5.04. The van der Waals surface area contributed by atoms with Crippen molar-refractivity contribution < 1.29 is 19.8 Å². The van der Waals surface area contributed by atoms with Crippen LogP contribution in [0, 0.1) is 0 Å². The summed E-state index contributed by atoms with van der Waals surface area (Å²) in [6, 6.07) is 0. The van der Waals surface area contributed by atoms with E-state index >= 15 is 0 Å². The number of hydrogen-bond acceptors (Lipinski definition) is 5. The summed E-state index contributed by atoms with van der Waals surface area (Å²) in [5.41, 5.74) is 4.35. The van der Waals surface area contributed by atoms with Crippen molar-refractivity contribution in [3.05, 3.63) is 23.3 Å². The topological polar surface area (TPSA) is 101 Å². The Morgan fingerprint density at radius 2 is 1.82 bits per heavy atom. The highest BCUT2D eigenvalue weighted by atomic mass is 16.3. The van der Waals surface area contributed by atoms with E-state index < -0.39 is 28.8 Å². The summed E-state index contributed by atoms with van der Waals surface area (Å²) in [5, 5.41) is 17.5. The second-order valence-corrected chi connectivity index (χ2v) is 1.99. The normalized spacial score (nSPS) is 18.7. The molecule has 0 fully saturated rings. The molecule has 0 spiro atoms. The van der Waals surface area contributed by atoms with Crippen molar-refractivity contribution >= 4 is 11.6 Å². The molecule has 0 saturated heterocycles. The fourth-order valence-corrected chi connectivity index (χ4v) is 0.636. The van der Waals surface area contributed by atoms with Gasteiger partial charge < -0.3 is 15.9 Å². The number of nitrogens with two attached hydrogens (primary N) is 1. The lowest BCUT2D eigenvalue weighted by molar-refractivity contribution is -0.119. The van der Waals surface area contributed by atoms with E-state index in [1.807, 2.05) is 0 Å². The van der Waals surface area contributed by atoms with Crippen molar-refractivity contribution in [2.75, 3.05) is 0 Å². The molecule has 0 saturated carbocycles. The lowest BCUT2D eigenvalue weighted by Crippen LogP contribution is -2.24. The highest BCUT2D eigenvalue weighted by Gasteiger charge is 2.25. The Balaban J connectivity index is 3.19. The molecule has 11 heavy (non-hydrogen) atoms. The molecule has 0 unspecified atom stereocenters. The van der Waals surface area contributed by atoms with Gasteiger partial charge in [-0.2, -0.15) is 0 Å². The van der Waals surface area contributed by atoms with Gasteiger partial charge in [-0.1, -0.05) is 0 Å². The van der Waals surface area contributed by atoms with Gasteiger partial charge in [0.05, 0.1) is 0 Å². The Labute approximate surface area is 61.4 Å². The van der Waals surface area contributed by atoms with Gasteiger partial charge in [-0.15, -0.1) is 0 Å². The molecule has 5 heteroatoms. The molecule has 1 aliphatic carbocycles. The molecule has 0 aromatic heterocycles. The molecular weight excluding hydrogens is 150 g/mol. The van der Waals surface area contributed by atoms with Crippen LogP contribution >= 0.6 is 0 Å². The molecule has 4 N–H and O–H groups in total. The van der Waals surface area contributed by atoms with E-state index in [9.17, 15) is 9.59 Å². The van der Waals surface area contributed by atoms with E-state index in [-0.39, 0.29) is 0 Å². The summed E-state index contributed by atoms with van der Waals surface area (Å²) in [7, 11) is 0. The average molecular weight is 155 g/mol. The van der Waals surface area contributed by atoms with Crippen LogP contribution in [-0.4, -0.2) is 21.8 Å². The average Bonchev–Trinajstić information content (AvgIpc) is 1.97. The second-order valence-electron chi connectivity index (χ2n) is 1.99. The first kappa shape index (κ1) is 7.33. The number of ketones is 2. The fourth-order valence-electron chi connectivity index (χ4n) is 0.636. The van der Waals surface area contributed by atoms with Crippen LogP contribution in [0.15, 0.2) is 23.3 Å². The van der Waals surface area contributed by atoms with Gasteiger partial charge in [-0.05, 0) is 0 Å². The number of carbonyl (C=O) groups excluding carboxylic acids is 2. The maximum absolute atomic E-state index is 10.7. The molecule has 58 valence electrons. The predicted octanol–water partition coefficient (Wildman–Crippen LogP) is -0.692. The fraction of sp³-hybridized carbons (Fsp3) is 0. The Hall–Kier alpha value is -1.78. The van der Waals surface area contributed by atoms with Gasteiger partial charge in [-0.3, -0.25) is 9.59 Å². The SMILES string of the molecule is NC1=C(O)C(=O)C=C(O)C1=O. The summed E-state index contributed by atoms with van der Waals surface area (Å²) >= 11 is 0. The quantitative estimate of drug-likeness (QED) is 0.402. The van der Waals surface area contributed by atoms with E-state index in [2.05, 4.69) is 0 Å². The standard InChI is InChI=1S/C6H5NO4/c7-4-5(10)2(8)1-3(9)6(4)11/h1,8,11H,7H2. The molecule has 0 amide bonds. The van der Waals surface area contributed by atoms with Crippen LogP contribution in [0.2, 0.25) is 0 Å². The zero-order chi connectivity index (χ0) is 8.59. The molecule has 0 aromatic rings. The highest BCUT2D eigenvalue weighted by molar-refractivity contribution is 6.20. The lowest BCUT2D eigenvalue weighted by atomic mass is 10.1. The summed E-state index contributed by atoms with van der Waals surface area (Å²) in [6.45, 7) is 0. The van der Waals surface area contributed by atoms with Crippen LogP contribution in [0.1, 0.15) is 0 Å². The van der Waals surface area contributed by atoms with Crippen LogP contribution in [0.25, 0.3) is 0 Å². The van der Waals surface area contributed by atoms with Crippen molar-refractivity contribution in [2.24, 2.45) is 5.73 Å². The number of carbonyl (C=O) groups is 2. The number of rotatable bonds is 0. The van der Waals surface area contributed by atoms with Gasteiger partial charge in [0.1, 0.15) is 5.70 Å². The van der Waals surface area contributed by atoms with E-state index in [1.165, 1.54) is 0 Å². The van der Waals surface area contributed by atoms with Crippen molar-refractivity contribution in [2.45, 2.75) is 0 Å². The Kier molecular flexibility index (Phi) is 1.41. The zero-order valence-electron chi connectivity index (χ0n) is 5.37. The van der Waals surface area contributed by atoms with Crippen molar-refractivity contribution in [3.8, 4) is 0 Å². The van der Waals surface area contributed by atoms with Crippen LogP contribution in [0.4, 0.5) is 0 Å². The van der Waals surface area contributed by atoms with E-state index in [0.29, 0.717) is 6.08 Å². The number of aliphatic hydroxyl groups is 2. The molecule has 1 rings (SSSR count). The first-order valence-electron chi connectivity index (χ1n) is 2.72. The first-order valence-corrected chi connectivity index (χ1v) is 2.72. The summed E-state index contributed by atoms with van der Waals surface area (Å²) in [4.78, 5) is 21.3. The number of hydrogen-bond donors (Lipinski definition) is 3. The smallest absolute Gasteiger partial charge is 0.246 e. The molecule has 0 aromatic carbocycles. The summed E-state index contributed by atoms with van der Waals surface area (Å²) in [6.07, 6.45) is 0.619. The van der Waals surface area contributed by atoms with E-state index in [1.54, 1.807) is 0 Å². The molecule has 0 heterocycles. The van der Waals surface area contributed by atoms with Gasteiger partial charge in [0.25, 0.3) is 0 Å². The van der Waals surface area contributed by atoms with Crippen molar-refractivity contribution in [1.82, 2.24) is 0 Å². The third-order valence-corrected chi connectivity index (χ3v) is 1.23. The summed E-state index contributed by atoms with van der Waals surface area (Å²) in [5.74, 6) is -3.35. The van der Waals surface area contributed by atoms with E-state index in [0.717, 1.165) is 0 Å². The van der Waals surface area contributed by atoms with Gasteiger partial charge in [-0.25, -0.2) is 0 Å². The molecule has 5 nitrogen and oxygen atoms in total. The van der Waals surface area contributed by atoms with Crippen molar-refractivity contribution in [3.63, 3.8) is 0 Å². The Bertz CT molecular complexity index is 300. The van der Waals surface area contributed by atoms with E-state index in [4.69, 9.17) is 15.9 Å². The lowest BCUT2D eigenvalue weighted by Gasteiger charge is -2.06.